The number of carbonyl (C=O) groups excluding carboxylic acids is 2. The van der Waals surface area contributed by atoms with E-state index < -0.39 is 0 Å². The molecular formula is C22H20N6O3. The number of fused-ring (bicyclic) bond motifs is 1. The van der Waals surface area contributed by atoms with Gasteiger partial charge in [-0.25, -0.2) is 9.97 Å². The van der Waals surface area contributed by atoms with E-state index in [9.17, 15) is 9.59 Å². The molecule has 31 heavy (non-hydrogen) atoms. The lowest BCUT2D eigenvalue weighted by Crippen LogP contribution is -2.41. The van der Waals surface area contributed by atoms with E-state index in [0.717, 1.165) is 21.9 Å². The number of nitrogens with one attached hydrogen (secondary N) is 2. The third-order valence-electron chi connectivity index (χ3n) is 5.57. The minimum Gasteiger partial charge on any atom is -0.441 e. The van der Waals surface area contributed by atoms with Crippen molar-refractivity contribution in [2.24, 2.45) is 5.92 Å². The van der Waals surface area contributed by atoms with Gasteiger partial charge in [0.1, 0.15) is 12.1 Å². The van der Waals surface area contributed by atoms with Crippen molar-refractivity contribution in [2.75, 3.05) is 18.4 Å². The first-order valence-electron chi connectivity index (χ1n) is 10.1. The number of amides is 2. The number of nitrogens with zero attached hydrogens (tertiary/aromatic N) is 4. The Morgan fingerprint density at radius 3 is 2.68 bits per heavy atom. The Labute approximate surface area is 177 Å². The Morgan fingerprint density at radius 2 is 1.94 bits per heavy atom. The van der Waals surface area contributed by atoms with E-state index in [0.29, 0.717) is 31.7 Å². The lowest BCUT2D eigenvalue weighted by molar-refractivity contribution is -0.121. The Hall–Kier alpha value is -4.01. The summed E-state index contributed by atoms with van der Waals surface area (Å²) in [7, 11) is 0. The quantitative estimate of drug-likeness (QED) is 0.528. The minimum atomic E-state index is -0.242. The minimum absolute atomic E-state index is 0.0815. The predicted molar refractivity (Wildman–Crippen MR) is 113 cm³/mol. The van der Waals surface area contributed by atoms with Gasteiger partial charge in [-0.15, -0.1) is 0 Å². The number of aromatic nitrogens is 4. The molecule has 5 rings (SSSR count). The van der Waals surface area contributed by atoms with Crippen molar-refractivity contribution >= 4 is 28.4 Å². The molecule has 0 aliphatic carbocycles. The zero-order valence-electron chi connectivity index (χ0n) is 16.6. The number of piperidine rings is 1. The Bertz CT molecular complexity index is 1210. The summed E-state index contributed by atoms with van der Waals surface area (Å²) in [5.41, 5.74) is 2.03. The van der Waals surface area contributed by atoms with Crippen LogP contribution in [0.2, 0.25) is 0 Å². The zero-order chi connectivity index (χ0) is 21.2. The smallest absolute Gasteiger partial charge is 0.309 e. The highest BCUT2D eigenvalue weighted by molar-refractivity contribution is 5.95. The number of hydrogen-bond acceptors (Lipinski definition) is 6. The number of likely N-dealkylation sites (tertiary alicyclic amines) is 1. The van der Waals surface area contributed by atoms with Crippen LogP contribution in [0, 0.1) is 5.92 Å². The molecule has 1 fully saturated rings. The van der Waals surface area contributed by atoms with E-state index in [-0.39, 0.29) is 23.6 Å². The normalized spacial score (nSPS) is 14.6. The average Bonchev–Trinajstić information content (AvgIpc) is 3.53. The van der Waals surface area contributed by atoms with Crippen LogP contribution in [0.25, 0.3) is 21.9 Å². The lowest BCUT2D eigenvalue weighted by atomic mass is 9.96. The maximum atomic E-state index is 12.8. The second-order valence-electron chi connectivity index (χ2n) is 7.51. The molecule has 0 bridgehead atoms. The summed E-state index contributed by atoms with van der Waals surface area (Å²) < 4.78 is 5.07. The molecule has 2 amide bonds. The van der Waals surface area contributed by atoms with Crippen LogP contribution >= 0.6 is 0 Å². The fourth-order valence-electron chi connectivity index (χ4n) is 3.84. The molecule has 0 saturated carbocycles. The Kier molecular flexibility index (Phi) is 4.91. The molecular weight excluding hydrogens is 396 g/mol. The van der Waals surface area contributed by atoms with Crippen LogP contribution in [0.1, 0.15) is 23.5 Å². The molecule has 0 atom stereocenters. The lowest BCUT2D eigenvalue weighted by Gasteiger charge is -2.30. The van der Waals surface area contributed by atoms with Crippen LogP contribution < -0.4 is 5.32 Å². The molecule has 156 valence electrons. The summed E-state index contributed by atoms with van der Waals surface area (Å²) in [4.78, 5) is 35.0. The van der Waals surface area contributed by atoms with Crippen LogP contribution in [0.15, 0.2) is 59.7 Å². The summed E-state index contributed by atoms with van der Waals surface area (Å²) in [6, 6.07) is 7.93. The van der Waals surface area contributed by atoms with Gasteiger partial charge in [-0.05, 0) is 35.9 Å². The number of hydrogen-bond donors (Lipinski definition) is 2. The van der Waals surface area contributed by atoms with Gasteiger partial charge in [0.2, 0.25) is 5.91 Å². The van der Waals surface area contributed by atoms with Crippen molar-refractivity contribution in [2.45, 2.75) is 12.8 Å². The summed E-state index contributed by atoms with van der Waals surface area (Å²) in [5, 5.41) is 11.7. The average molecular weight is 416 g/mol. The molecule has 1 aliphatic rings. The van der Waals surface area contributed by atoms with Crippen LogP contribution in [0.3, 0.4) is 0 Å². The number of carbonyl (C=O) groups is 2. The fourth-order valence-corrected chi connectivity index (χ4v) is 3.84. The number of oxazole rings is 1. The first-order chi connectivity index (χ1) is 15.2. The van der Waals surface area contributed by atoms with Gasteiger partial charge >= 0.3 is 5.91 Å². The van der Waals surface area contributed by atoms with Gasteiger partial charge < -0.3 is 14.6 Å². The van der Waals surface area contributed by atoms with Crippen molar-refractivity contribution < 1.29 is 14.0 Å². The first kappa shape index (κ1) is 19.0. The monoisotopic (exact) mass is 416 g/mol. The second-order valence-corrected chi connectivity index (χ2v) is 7.51. The van der Waals surface area contributed by atoms with Crippen molar-refractivity contribution in [1.82, 2.24) is 25.1 Å². The third-order valence-corrected chi connectivity index (χ3v) is 5.57. The molecule has 2 N–H and O–H groups in total. The number of pyridine rings is 1. The first-order valence-corrected chi connectivity index (χ1v) is 10.1. The van der Waals surface area contributed by atoms with Gasteiger partial charge in [0.15, 0.2) is 0 Å². The molecule has 4 heterocycles. The van der Waals surface area contributed by atoms with E-state index in [1.54, 1.807) is 17.3 Å². The summed E-state index contributed by atoms with van der Waals surface area (Å²) in [5.74, 6) is 0.0936. The number of H-pyrrole nitrogens is 1. The number of benzene rings is 1. The summed E-state index contributed by atoms with van der Waals surface area (Å²) in [6.45, 7) is 0.969. The van der Waals surface area contributed by atoms with Gasteiger partial charge in [-0.2, -0.15) is 5.10 Å². The standard InChI is InChI=1S/C22H20N6O3/c29-20(14-3-6-28(7-4-14)22(30)21-23-5-8-31-21)27-19-10-17-9-15(18-12-25-26-13-18)1-2-16(17)11-24-19/h1-2,5,8-14H,3-4,6-7H2,(H,25,26)(H,24,27,29). The zero-order valence-corrected chi connectivity index (χ0v) is 16.6. The Balaban J connectivity index is 1.24. The van der Waals surface area contributed by atoms with Crippen LogP contribution in [0.4, 0.5) is 5.82 Å². The molecule has 1 aromatic carbocycles. The molecule has 9 nitrogen and oxygen atoms in total. The van der Waals surface area contributed by atoms with E-state index >= 15 is 0 Å². The van der Waals surface area contributed by atoms with Crippen molar-refractivity contribution in [3.63, 3.8) is 0 Å². The van der Waals surface area contributed by atoms with E-state index in [1.807, 2.05) is 30.5 Å². The Morgan fingerprint density at radius 1 is 1.06 bits per heavy atom. The largest absolute Gasteiger partial charge is 0.441 e. The van der Waals surface area contributed by atoms with E-state index in [4.69, 9.17) is 4.42 Å². The molecule has 0 unspecified atom stereocenters. The maximum absolute atomic E-state index is 12.8. The molecule has 1 saturated heterocycles. The van der Waals surface area contributed by atoms with Crippen molar-refractivity contribution in [3.05, 3.63) is 61.2 Å². The molecule has 0 radical (unpaired) electrons. The second kappa shape index (κ2) is 8.02. The molecule has 1 aliphatic heterocycles. The van der Waals surface area contributed by atoms with Gasteiger partial charge in [0.25, 0.3) is 5.89 Å². The molecule has 3 aromatic heterocycles. The SMILES string of the molecule is O=C(Nc1cc2cc(-c3cn[nH]c3)ccc2cn1)C1CCN(C(=O)c2ncco2)CC1. The van der Waals surface area contributed by atoms with Crippen LogP contribution in [-0.2, 0) is 4.79 Å². The van der Waals surface area contributed by atoms with Gasteiger partial charge in [-0.1, -0.05) is 12.1 Å². The van der Waals surface area contributed by atoms with Crippen molar-refractivity contribution in [3.8, 4) is 11.1 Å². The third kappa shape index (κ3) is 3.89. The van der Waals surface area contributed by atoms with Gasteiger partial charge in [0, 0.05) is 42.4 Å². The van der Waals surface area contributed by atoms with Gasteiger partial charge in [-0.3, -0.25) is 14.7 Å². The van der Waals surface area contributed by atoms with Gasteiger partial charge in [0.05, 0.1) is 12.4 Å². The molecule has 0 spiro atoms. The highest BCUT2D eigenvalue weighted by Gasteiger charge is 2.29. The van der Waals surface area contributed by atoms with E-state index in [1.165, 1.54) is 12.5 Å². The summed E-state index contributed by atoms with van der Waals surface area (Å²) in [6.07, 6.45) is 9.34. The molecule has 9 heteroatoms. The van der Waals surface area contributed by atoms with E-state index in [2.05, 4.69) is 25.5 Å². The number of aromatic amines is 1. The predicted octanol–water partition coefficient (Wildman–Crippen LogP) is 3.10. The van der Waals surface area contributed by atoms with Crippen molar-refractivity contribution in [1.29, 1.82) is 0 Å². The topological polar surface area (TPSA) is 117 Å². The number of rotatable bonds is 4. The highest BCUT2D eigenvalue weighted by Crippen LogP contribution is 2.26. The summed E-state index contributed by atoms with van der Waals surface area (Å²) >= 11 is 0. The van der Waals surface area contributed by atoms with Crippen LogP contribution in [-0.4, -0.2) is 50.0 Å². The van der Waals surface area contributed by atoms with Crippen LogP contribution in [0.5, 0.6) is 0 Å². The fraction of sp³-hybridized carbons (Fsp3) is 0.227. The number of anilines is 1. The highest BCUT2D eigenvalue weighted by atomic mass is 16.4. The molecule has 4 aromatic rings. The maximum Gasteiger partial charge on any atom is 0.309 e.